The summed E-state index contributed by atoms with van der Waals surface area (Å²) in [5, 5.41) is 3.79. The molecular weight excluding hydrogens is 210 g/mol. The Labute approximate surface area is 90.1 Å². The molecule has 0 saturated carbocycles. The summed E-state index contributed by atoms with van der Waals surface area (Å²) in [6, 6.07) is 10.2. The third kappa shape index (κ3) is 1.27. The zero-order valence-electron chi connectivity index (χ0n) is 8.12. The first kappa shape index (κ1) is 8.67. The first-order chi connectivity index (χ1) is 7.36. The van der Waals surface area contributed by atoms with Crippen LogP contribution < -0.4 is 0 Å². The standard InChI is InChI=1S/C10H9N3OS/c1-13-10(8-5-3-2-4-6-8)9-7-11-14-15(9)12-13/h2-7H,1H3. The van der Waals surface area contributed by atoms with Gasteiger partial charge in [0.25, 0.3) is 0 Å². The van der Waals surface area contributed by atoms with Gasteiger partial charge in [0.2, 0.25) is 5.71 Å². The highest BCUT2D eigenvalue weighted by Gasteiger charge is 2.26. The third-order valence-corrected chi connectivity index (χ3v) is 3.57. The van der Waals surface area contributed by atoms with Gasteiger partial charge in [-0.3, -0.25) is 4.68 Å². The number of hydrogen-bond acceptors (Lipinski definition) is 2. The summed E-state index contributed by atoms with van der Waals surface area (Å²) in [4.78, 5) is 5.41. The maximum Gasteiger partial charge on any atom is 0.219 e. The number of rotatable bonds is 1. The van der Waals surface area contributed by atoms with Gasteiger partial charge >= 0.3 is 0 Å². The zero-order valence-corrected chi connectivity index (χ0v) is 8.94. The van der Waals surface area contributed by atoms with Gasteiger partial charge < -0.3 is 9.11 Å². The number of hydrogen-bond donors (Lipinski definition) is 0. The van der Waals surface area contributed by atoms with Crippen molar-refractivity contribution >= 4 is 27.7 Å². The van der Waals surface area contributed by atoms with Gasteiger partial charge in [0.1, 0.15) is 11.9 Å². The van der Waals surface area contributed by atoms with Gasteiger partial charge in [0, 0.05) is 16.5 Å². The predicted octanol–water partition coefficient (Wildman–Crippen LogP) is 1.71. The fourth-order valence-corrected chi connectivity index (χ4v) is 2.81. The fourth-order valence-electron chi connectivity index (χ4n) is 1.63. The molecule has 0 aliphatic carbocycles. The number of nitrogens with zero attached hydrogens (tertiary/aromatic N) is 3. The Balaban J connectivity index is 2.13. The summed E-state index contributed by atoms with van der Waals surface area (Å²) < 4.78 is 6.99. The molecule has 2 aliphatic rings. The molecule has 0 N–H and O–H groups in total. The molecule has 0 bridgehead atoms. The minimum absolute atomic E-state index is 0.520. The molecule has 3 rings (SSSR count). The fraction of sp³-hybridized carbons (Fsp3) is 0.100. The van der Waals surface area contributed by atoms with Crippen molar-refractivity contribution in [1.82, 2.24) is 0 Å². The minimum Gasteiger partial charge on any atom is -0.350 e. The lowest BCUT2D eigenvalue weighted by molar-refractivity contribution is -0.427. The smallest absolute Gasteiger partial charge is 0.219 e. The van der Waals surface area contributed by atoms with Gasteiger partial charge in [0.05, 0.1) is 6.21 Å². The van der Waals surface area contributed by atoms with Crippen LogP contribution in [0.3, 0.4) is 0 Å². The van der Waals surface area contributed by atoms with Gasteiger partial charge in [-0.15, -0.1) is 0 Å². The highest BCUT2D eigenvalue weighted by molar-refractivity contribution is 8.16. The van der Waals surface area contributed by atoms with E-state index < -0.39 is 11.0 Å². The van der Waals surface area contributed by atoms with Crippen LogP contribution in [0.5, 0.6) is 0 Å². The van der Waals surface area contributed by atoms with E-state index in [1.165, 1.54) is 0 Å². The second-order valence-corrected chi connectivity index (χ2v) is 4.49. The van der Waals surface area contributed by atoms with Crippen LogP contribution in [0, 0.1) is 0 Å². The molecule has 0 fully saturated rings. The van der Waals surface area contributed by atoms with E-state index in [0.717, 1.165) is 16.1 Å². The minimum atomic E-state index is -0.520. The molecule has 0 radical (unpaired) electrons. The second-order valence-electron chi connectivity index (χ2n) is 3.24. The first-order valence-electron chi connectivity index (χ1n) is 4.56. The maximum atomic E-state index is 5.13. The SMILES string of the molecule is C[N+]1=C(c2ccccc2)C2=S([N-]1)ON=C2. The summed E-state index contributed by atoms with van der Waals surface area (Å²) in [5.74, 6) is 0. The predicted molar refractivity (Wildman–Crippen MR) is 62.3 cm³/mol. The molecule has 0 aromatic heterocycles. The van der Waals surface area contributed by atoms with E-state index in [2.05, 4.69) is 22.1 Å². The molecule has 1 unspecified atom stereocenters. The molecule has 0 saturated heterocycles. The van der Waals surface area contributed by atoms with Crippen LogP contribution in [0.1, 0.15) is 5.56 Å². The van der Waals surface area contributed by atoms with Crippen molar-refractivity contribution in [2.75, 3.05) is 7.05 Å². The molecule has 15 heavy (non-hydrogen) atoms. The van der Waals surface area contributed by atoms with E-state index in [1.54, 1.807) is 6.21 Å². The van der Waals surface area contributed by atoms with Crippen molar-refractivity contribution < 1.29 is 8.97 Å². The first-order valence-corrected chi connectivity index (χ1v) is 5.67. The number of benzene rings is 1. The Hall–Kier alpha value is -1.62. The van der Waals surface area contributed by atoms with Crippen LogP contribution in [0.4, 0.5) is 0 Å². The van der Waals surface area contributed by atoms with Gasteiger partial charge in [-0.25, -0.2) is 0 Å². The largest absolute Gasteiger partial charge is 0.350 e. The molecule has 0 spiro atoms. The highest BCUT2D eigenvalue weighted by Crippen LogP contribution is 2.34. The van der Waals surface area contributed by atoms with Crippen LogP contribution in [-0.2, 0) is 4.28 Å². The molecule has 4 nitrogen and oxygen atoms in total. The summed E-state index contributed by atoms with van der Waals surface area (Å²) >= 11 is 0. The van der Waals surface area contributed by atoms with Gasteiger partial charge in [-0.2, -0.15) is 0 Å². The molecule has 1 aromatic carbocycles. The van der Waals surface area contributed by atoms with Crippen molar-refractivity contribution in [3.05, 3.63) is 40.7 Å². The van der Waals surface area contributed by atoms with E-state index in [-0.39, 0.29) is 0 Å². The molecule has 0 amide bonds. The Kier molecular flexibility index (Phi) is 1.85. The molecule has 76 valence electrons. The van der Waals surface area contributed by atoms with E-state index in [1.807, 2.05) is 29.9 Å². The average molecular weight is 219 g/mol. The van der Waals surface area contributed by atoms with Gasteiger partial charge in [-0.1, -0.05) is 23.4 Å². The Bertz CT molecular complexity index is 505. The molecule has 2 heterocycles. The van der Waals surface area contributed by atoms with Crippen molar-refractivity contribution in [1.29, 1.82) is 0 Å². The van der Waals surface area contributed by atoms with Crippen LogP contribution in [0.2, 0.25) is 0 Å². The van der Waals surface area contributed by atoms with E-state index >= 15 is 0 Å². The zero-order chi connectivity index (χ0) is 10.3. The number of oxime groups is 1. The van der Waals surface area contributed by atoms with Crippen molar-refractivity contribution in [2.45, 2.75) is 0 Å². The molecule has 2 aliphatic heterocycles. The van der Waals surface area contributed by atoms with Gasteiger partial charge in [0.15, 0.2) is 0 Å². The Morgan fingerprint density at radius 2 is 2.13 bits per heavy atom. The Morgan fingerprint density at radius 3 is 2.93 bits per heavy atom. The van der Waals surface area contributed by atoms with E-state index in [0.29, 0.717) is 0 Å². The van der Waals surface area contributed by atoms with E-state index in [9.17, 15) is 0 Å². The summed E-state index contributed by atoms with van der Waals surface area (Å²) in [5.41, 5.74) is 2.23. The monoisotopic (exact) mass is 219 g/mol. The van der Waals surface area contributed by atoms with Crippen LogP contribution in [-0.4, -0.2) is 28.5 Å². The van der Waals surface area contributed by atoms with Crippen LogP contribution >= 0.6 is 11.0 Å². The normalized spacial score (nSPS) is 22.7. The topological polar surface area (TPSA) is 38.7 Å². The lowest BCUT2D eigenvalue weighted by atomic mass is 10.1. The van der Waals surface area contributed by atoms with Crippen molar-refractivity contribution in [2.24, 2.45) is 5.16 Å². The van der Waals surface area contributed by atoms with Crippen LogP contribution in [0.25, 0.3) is 4.83 Å². The molecule has 5 heteroatoms. The van der Waals surface area contributed by atoms with Gasteiger partial charge in [-0.05, 0) is 12.1 Å². The average Bonchev–Trinajstić information content (AvgIpc) is 2.78. The second kappa shape index (κ2) is 3.20. The molecule has 1 aromatic rings. The van der Waals surface area contributed by atoms with Crippen molar-refractivity contribution in [3.63, 3.8) is 0 Å². The lowest BCUT2D eigenvalue weighted by Crippen LogP contribution is -2.19. The highest BCUT2D eigenvalue weighted by atomic mass is 32.2. The third-order valence-electron chi connectivity index (χ3n) is 2.27. The Morgan fingerprint density at radius 1 is 1.33 bits per heavy atom. The quantitative estimate of drug-likeness (QED) is 0.523. The maximum absolute atomic E-state index is 5.13. The molecule has 1 atom stereocenters. The summed E-state index contributed by atoms with van der Waals surface area (Å²) in [6.07, 6.45) is 1.75. The van der Waals surface area contributed by atoms with E-state index in [4.69, 9.17) is 4.28 Å². The molecular formula is C10H9N3OS. The summed E-state index contributed by atoms with van der Waals surface area (Å²) in [7, 11) is 1.41. The van der Waals surface area contributed by atoms with Crippen molar-refractivity contribution in [3.8, 4) is 0 Å². The summed E-state index contributed by atoms with van der Waals surface area (Å²) in [6.45, 7) is 0. The van der Waals surface area contributed by atoms with Crippen LogP contribution in [0.15, 0.2) is 35.5 Å². The lowest BCUT2D eigenvalue weighted by Gasteiger charge is -2.09.